The van der Waals surface area contributed by atoms with Gasteiger partial charge in [0.05, 0.1) is 5.56 Å². The highest BCUT2D eigenvalue weighted by atomic mass is 31.1. The lowest BCUT2D eigenvalue weighted by Gasteiger charge is -2.26. The number of benzene rings is 2. The van der Waals surface area contributed by atoms with Gasteiger partial charge in [0.25, 0.3) is 0 Å². The number of fused-ring (bicyclic) bond motifs is 5. The molecule has 2 aromatic carbocycles. The highest BCUT2D eigenvalue weighted by molar-refractivity contribution is 7.54. The summed E-state index contributed by atoms with van der Waals surface area (Å²) in [5.41, 5.74) is 0.906. The van der Waals surface area contributed by atoms with Crippen LogP contribution < -0.4 is 5.30 Å². The molecule has 1 unspecified atom stereocenters. The summed E-state index contributed by atoms with van der Waals surface area (Å²) < 4.78 is 13.1. The van der Waals surface area contributed by atoms with Crippen molar-refractivity contribution >= 4 is 23.9 Å². The molecule has 22 heavy (non-hydrogen) atoms. The molecule has 3 aliphatic rings. The van der Waals surface area contributed by atoms with E-state index in [1.165, 1.54) is 0 Å². The average molecular weight is 315 g/mol. The van der Waals surface area contributed by atoms with Crippen LogP contribution >= 0.6 is 7.80 Å². The first-order valence-electron chi connectivity index (χ1n) is 8.11. The maximum absolute atomic E-state index is 13.1. The van der Waals surface area contributed by atoms with Gasteiger partial charge in [-0.15, -0.1) is 0 Å². The Morgan fingerprint density at radius 2 is 1.50 bits per heavy atom. The van der Waals surface area contributed by atoms with E-state index in [2.05, 4.69) is 0 Å². The maximum atomic E-state index is 13.1. The van der Waals surface area contributed by atoms with Crippen LogP contribution in [0.3, 0.4) is 0 Å². The lowest BCUT2D eigenvalue weighted by molar-refractivity contribution is 0.419. The zero-order valence-electron chi connectivity index (χ0n) is 12.5. The van der Waals surface area contributed by atoms with Crippen molar-refractivity contribution in [2.75, 3.05) is 0 Å². The van der Waals surface area contributed by atoms with Gasteiger partial charge in [-0.05, 0) is 44.4 Å². The number of phenolic OH excluding ortho intramolecular Hbond substituents is 2. The molecule has 1 aliphatic carbocycles. The van der Waals surface area contributed by atoms with Gasteiger partial charge in [0.15, 0.2) is 11.4 Å². The van der Waals surface area contributed by atoms with Crippen molar-refractivity contribution < 1.29 is 14.8 Å². The van der Waals surface area contributed by atoms with Crippen molar-refractivity contribution in [1.82, 2.24) is 0 Å². The number of phenols is 2. The molecule has 1 saturated carbocycles. The quantitative estimate of drug-likeness (QED) is 0.555. The Balaban J connectivity index is 2.10. The van der Waals surface area contributed by atoms with E-state index in [1.807, 2.05) is 18.2 Å². The molecule has 0 radical (unpaired) electrons. The van der Waals surface area contributed by atoms with Gasteiger partial charge in [-0.3, -0.25) is 0 Å². The van der Waals surface area contributed by atoms with Gasteiger partial charge < -0.3 is 10.2 Å². The lowest BCUT2D eigenvalue weighted by Crippen LogP contribution is -2.23. The van der Waals surface area contributed by atoms with Gasteiger partial charge >= 0.3 is 7.80 Å². The zero-order valence-corrected chi connectivity index (χ0v) is 13.4. The van der Waals surface area contributed by atoms with Crippen LogP contribution in [0.4, 0.5) is 0 Å². The molecule has 0 spiro atoms. The molecule has 2 heterocycles. The van der Waals surface area contributed by atoms with Crippen LogP contribution in [-0.2, 0) is 4.57 Å². The van der Waals surface area contributed by atoms with Gasteiger partial charge in [-0.1, -0.05) is 28.8 Å². The normalized spacial score (nSPS) is 26.3. The second kappa shape index (κ2) is 5.24. The summed E-state index contributed by atoms with van der Waals surface area (Å²) in [6.07, 6.45) is 6.08. The molecule has 0 amide bonds. The van der Waals surface area contributed by atoms with E-state index >= 15 is 0 Å². The first kappa shape index (κ1) is 14.0. The first-order chi connectivity index (χ1) is 10.7. The Hall–Kier alpha value is -1.60. The molecule has 0 saturated heterocycles. The van der Waals surface area contributed by atoms with E-state index in [4.69, 9.17) is 0 Å². The fourth-order valence-corrected chi connectivity index (χ4v) is 6.27. The molecule has 0 aromatic heterocycles. The SMILES string of the molecule is O=[P+]1c2c(c(O)c3ccccc3c2O)C2CCCC1CCC2. The van der Waals surface area contributed by atoms with Crippen molar-refractivity contribution in [1.29, 1.82) is 0 Å². The summed E-state index contributed by atoms with van der Waals surface area (Å²) in [4.78, 5) is 0. The fraction of sp³-hybridized carbons (Fsp3) is 0.444. The highest BCUT2D eigenvalue weighted by Crippen LogP contribution is 2.51. The second-order valence-corrected chi connectivity index (χ2v) is 8.37. The Kier molecular flexibility index (Phi) is 3.34. The summed E-state index contributed by atoms with van der Waals surface area (Å²) in [5, 5.41) is 23.4. The third-order valence-corrected chi connectivity index (χ3v) is 7.39. The topological polar surface area (TPSA) is 57.5 Å². The number of hydrogen-bond acceptors (Lipinski definition) is 3. The molecule has 2 bridgehead atoms. The van der Waals surface area contributed by atoms with Gasteiger partial charge in [0.2, 0.25) is 5.30 Å². The minimum absolute atomic E-state index is 0.128. The predicted octanol–water partition coefficient (Wildman–Crippen LogP) is 4.52. The predicted molar refractivity (Wildman–Crippen MR) is 88.7 cm³/mol. The first-order valence-corrected chi connectivity index (χ1v) is 9.44. The Labute approximate surface area is 130 Å². The second-order valence-electron chi connectivity index (χ2n) is 6.54. The van der Waals surface area contributed by atoms with Gasteiger partial charge in [-0.25, -0.2) is 0 Å². The monoisotopic (exact) mass is 315 g/mol. The van der Waals surface area contributed by atoms with E-state index in [9.17, 15) is 14.8 Å². The standard InChI is InChI=1S/C18H19O3P/c19-16-13-9-1-2-10-14(13)17(20)18-15(16)11-5-3-7-12(22(18)21)8-4-6-11/h1-2,9-12H,3-8H2,(H-,19,20,21)/p+1. The van der Waals surface area contributed by atoms with Gasteiger partial charge in [0.1, 0.15) is 5.75 Å². The Bertz CT molecular complexity index is 759. The zero-order chi connectivity index (χ0) is 15.3. The minimum Gasteiger partial charge on any atom is -0.507 e. The van der Waals surface area contributed by atoms with Crippen LogP contribution in [0.1, 0.15) is 50.0 Å². The van der Waals surface area contributed by atoms with Crippen molar-refractivity contribution in [3.63, 3.8) is 0 Å². The number of rotatable bonds is 0. The molecule has 2 N–H and O–H groups in total. The fourth-order valence-electron chi connectivity index (χ4n) is 4.21. The molecule has 114 valence electrons. The third kappa shape index (κ3) is 1.95. The minimum atomic E-state index is -1.66. The van der Waals surface area contributed by atoms with Crippen LogP contribution in [-0.4, -0.2) is 15.9 Å². The Morgan fingerprint density at radius 3 is 2.14 bits per heavy atom. The van der Waals surface area contributed by atoms with Gasteiger partial charge in [-0.2, -0.15) is 0 Å². The highest BCUT2D eigenvalue weighted by Gasteiger charge is 2.44. The summed E-state index contributed by atoms with van der Waals surface area (Å²) in [6, 6.07) is 7.32. The molecule has 1 atom stereocenters. The van der Waals surface area contributed by atoms with Crippen LogP contribution in [0, 0.1) is 0 Å². The van der Waals surface area contributed by atoms with E-state index in [1.54, 1.807) is 6.07 Å². The van der Waals surface area contributed by atoms with Crippen LogP contribution in [0.2, 0.25) is 0 Å². The largest absolute Gasteiger partial charge is 0.507 e. The summed E-state index contributed by atoms with van der Waals surface area (Å²) >= 11 is 0. The van der Waals surface area contributed by atoms with Crippen molar-refractivity contribution in [3.8, 4) is 11.5 Å². The smallest absolute Gasteiger partial charge is 0.384 e. The van der Waals surface area contributed by atoms with E-state index in [-0.39, 0.29) is 23.1 Å². The lowest BCUT2D eigenvalue weighted by atomic mass is 9.83. The van der Waals surface area contributed by atoms with Gasteiger partial charge in [0, 0.05) is 10.8 Å². The van der Waals surface area contributed by atoms with E-state index < -0.39 is 7.80 Å². The summed E-state index contributed by atoms with van der Waals surface area (Å²) in [5.74, 6) is 0.577. The molecule has 1 fully saturated rings. The third-order valence-electron chi connectivity index (χ3n) is 5.31. The molecule has 5 rings (SSSR count). The van der Waals surface area contributed by atoms with Crippen LogP contribution in [0.25, 0.3) is 10.8 Å². The summed E-state index contributed by atoms with van der Waals surface area (Å²) in [7, 11) is -1.66. The van der Waals surface area contributed by atoms with Crippen molar-refractivity contribution in [3.05, 3.63) is 29.8 Å². The Morgan fingerprint density at radius 1 is 0.909 bits per heavy atom. The average Bonchev–Trinajstić information content (AvgIpc) is 2.49. The van der Waals surface area contributed by atoms with Crippen LogP contribution in [0.5, 0.6) is 11.5 Å². The molecular weight excluding hydrogens is 295 g/mol. The molecular formula is C18H20O3P+. The number of aromatic hydroxyl groups is 2. The molecule has 4 heteroatoms. The number of hydrogen-bond donors (Lipinski definition) is 2. The molecule has 2 aliphatic heterocycles. The molecule has 3 nitrogen and oxygen atoms in total. The van der Waals surface area contributed by atoms with E-state index in [0.717, 1.165) is 44.1 Å². The molecule has 2 aromatic rings. The van der Waals surface area contributed by atoms with E-state index in [0.29, 0.717) is 16.1 Å². The van der Waals surface area contributed by atoms with Crippen molar-refractivity contribution in [2.45, 2.75) is 50.1 Å². The van der Waals surface area contributed by atoms with Crippen molar-refractivity contribution in [2.24, 2.45) is 0 Å². The van der Waals surface area contributed by atoms with Crippen LogP contribution in [0.15, 0.2) is 24.3 Å². The maximum Gasteiger partial charge on any atom is 0.384 e. The summed E-state index contributed by atoms with van der Waals surface area (Å²) in [6.45, 7) is 0.